The van der Waals surface area contributed by atoms with Crippen LogP contribution in [0, 0.1) is 12.8 Å². The number of hydrogen-bond donors (Lipinski definition) is 0. The zero-order valence-corrected chi connectivity index (χ0v) is 12.6. The van der Waals surface area contributed by atoms with Crippen LogP contribution in [0.3, 0.4) is 0 Å². The molecule has 0 saturated carbocycles. The van der Waals surface area contributed by atoms with E-state index in [1.54, 1.807) is 0 Å². The summed E-state index contributed by atoms with van der Waals surface area (Å²) in [5.41, 5.74) is 1.20. The van der Waals surface area contributed by atoms with E-state index in [1.165, 1.54) is 18.4 Å². The quantitative estimate of drug-likeness (QED) is 0.773. The van der Waals surface area contributed by atoms with E-state index in [9.17, 15) is 0 Å². The molecule has 0 amide bonds. The van der Waals surface area contributed by atoms with Crippen LogP contribution in [0.5, 0.6) is 11.5 Å². The molecule has 1 aromatic rings. The maximum Gasteiger partial charge on any atom is 0.161 e. The number of fused-ring (bicyclic) bond motifs is 1. The van der Waals surface area contributed by atoms with Crippen molar-refractivity contribution in [1.29, 1.82) is 0 Å². The molecular weight excluding hydrogens is 252 g/mol. The minimum Gasteiger partial charge on any atom is -0.498 e. The van der Waals surface area contributed by atoms with Gasteiger partial charge in [-0.25, -0.2) is 0 Å². The molecule has 1 aromatic carbocycles. The van der Waals surface area contributed by atoms with E-state index >= 15 is 0 Å². The predicted molar refractivity (Wildman–Crippen MR) is 80.3 cm³/mol. The first-order valence-corrected chi connectivity index (χ1v) is 7.33. The second-order valence-corrected chi connectivity index (χ2v) is 5.51. The molecule has 0 radical (unpaired) electrons. The fraction of sp³-hybridized carbons (Fsp3) is 0.529. The standard InChI is InChI=1S/C9H10O2.C8H14O/c1-7-2-3-8-9(6-7)11-5-4-10-8;1-7(2)8-5-3-4-6-9-8/h2-3,6H,4-5H2,1H3;4,6-8H,3,5H2,1-2H3. The number of allylic oxidation sites excluding steroid dienone is 1. The van der Waals surface area contributed by atoms with Crippen LogP contribution in [0.2, 0.25) is 0 Å². The van der Waals surface area contributed by atoms with Crippen molar-refractivity contribution >= 4 is 0 Å². The smallest absolute Gasteiger partial charge is 0.161 e. The van der Waals surface area contributed by atoms with E-state index in [0.29, 0.717) is 25.2 Å². The molecule has 0 bridgehead atoms. The van der Waals surface area contributed by atoms with Crippen molar-refractivity contribution in [1.82, 2.24) is 0 Å². The van der Waals surface area contributed by atoms with Crippen molar-refractivity contribution in [3.63, 3.8) is 0 Å². The lowest BCUT2D eigenvalue weighted by atomic mass is 10.0. The van der Waals surface area contributed by atoms with E-state index in [-0.39, 0.29) is 0 Å². The normalized spacial score (nSPS) is 19.9. The van der Waals surface area contributed by atoms with E-state index < -0.39 is 0 Å². The molecule has 0 fully saturated rings. The lowest BCUT2D eigenvalue weighted by Gasteiger charge is -2.22. The Hall–Kier alpha value is -1.64. The van der Waals surface area contributed by atoms with Crippen molar-refractivity contribution in [2.24, 2.45) is 5.92 Å². The summed E-state index contributed by atoms with van der Waals surface area (Å²) in [7, 11) is 0. The lowest BCUT2D eigenvalue weighted by Crippen LogP contribution is -2.18. The average molecular weight is 276 g/mol. The molecule has 2 heterocycles. The lowest BCUT2D eigenvalue weighted by molar-refractivity contribution is 0.0829. The summed E-state index contributed by atoms with van der Waals surface area (Å²) in [4.78, 5) is 0. The third-order valence-electron chi connectivity index (χ3n) is 3.41. The fourth-order valence-electron chi connectivity index (χ4n) is 2.19. The number of benzene rings is 1. The molecule has 1 atom stereocenters. The third kappa shape index (κ3) is 4.19. The molecule has 0 aromatic heterocycles. The largest absolute Gasteiger partial charge is 0.498 e. The highest BCUT2D eigenvalue weighted by Crippen LogP contribution is 2.30. The monoisotopic (exact) mass is 276 g/mol. The van der Waals surface area contributed by atoms with Gasteiger partial charge in [-0.1, -0.05) is 19.9 Å². The second-order valence-electron chi connectivity index (χ2n) is 5.51. The Bertz CT molecular complexity index is 452. The van der Waals surface area contributed by atoms with E-state index in [2.05, 4.69) is 19.9 Å². The Morgan fingerprint density at radius 2 is 1.85 bits per heavy atom. The number of rotatable bonds is 1. The van der Waals surface area contributed by atoms with Gasteiger partial charge in [-0.05, 0) is 49.5 Å². The van der Waals surface area contributed by atoms with Crippen molar-refractivity contribution in [2.75, 3.05) is 13.2 Å². The van der Waals surface area contributed by atoms with E-state index in [4.69, 9.17) is 14.2 Å². The Morgan fingerprint density at radius 1 is 1.10 bits per heavy atom. The Labute approximate surface area is 121 Å². The topological polar surface area (TPSA) is 27.7 Å². The van der Waals surface area contributed by atoms with Gasteiger partial charge in [0.15, 0.2) is 11.5 Å². The summed E-state index contributed by atoms with van der Waals surface area (Å²) < 4.78 is 16.1. The molecule has 0 saturated heterocycles. The molecular formula is C17H24O3. The van der Waals surface area contributed by atoms with Crippen molar-refractivity contribution < 1.29 is 14.2 Å². The van der Waals surface area contributed by atoms with Gasteiger partial charge >= 0.3 is 0 Å². The second kappa shape index (κ2) is 7.22. The van der Waals surface area contributed by atoms with Crippen LogP contribution in [0.1, 0.15) is 32.3 Å². The van der Waals surface area contributed by atoms with Crippen molar-refractivity contribution in [2.45, 2.75) is 39.7 Å². The summed E-state index contributed by atoms with van der Waals surface area (Å²) in [6.45, 7) is 7.76. The van der Waals surface area contributed by atoms with Crippen LogP contribution in [-0.2, 0) is 4.74 Å². The van der Waals surface area contributed by atoms with Gasteiger partial charge in [0.05, 0.1) is 6.26 Å². The van der Waals surface area contributed by atoms with Crippen molar-refractivity contribution in [3.05, 3.63) is 36.1 Å². The molecule has 0 N–H and O–H groups in total. The van der Waals surface area contributed by atoms with Crippen LogP contribution >= 0.6 is 0 Å². The van der Waals surface area contributed by atoms with Gasteiger partial charge in [-0.15, -0.1) is 0 Å². The molecule has 2 aliphatic heterocycles. The highest BCUT2D eigenvalue weighted by Gasteiger charge is 2.14. The molecule has 3 nitrogen and oxygen atoms in total. The van der Waals surface area contributed by atoms with Gasteiger partial charge < -0.3 is 14.2 Å². The van der Waals surface area contributed by atoms with Gasteiger partial charge in [-0.2, -0.15) is 0 Å². The molecule has 20 heavy (non-hydrogen) atoms. The molecule has 0 aliphatic carbocycles. The van der Waals surface area contributed by atoms with Crippen LogP contribution in [0.25, 0.3) is 0 Å². The number of hydrogen-bond acceptors (Lipinski definition) is 3. The van der Waals surface area contributed by atoms with Gasteiger partial charge in [0.1, 0.15) is 19.3 Å². The Kier molecular flexibility index (Phi) is 5.33. The van der Waals surface area contributed by atoms with Crippen LogP contribution in [0.4, 0.5) is 0 Å². The minimum absolute atomic E-state index is 0.468. The zero-order chi connectivity index (χ0) is 14.4. The first-order chi connectivity index (χ1) is 9.66. The minimum atomic E-state index is 0.468. The van der Waals surface area contributed by atoms with Crippen LogP contribution in [0.15, 0.2) is 30.5 Å². The fourth-order valence-corrected chi connectivity index (χ4v) is 2.19. The summed E-state index contributed by atoms with van der Waals surface area (Å²) >= 11 is 0. The van der Waals surface area contributed by atoms with Gasteiger partial charge in [0, 0.05) is 0 Å². The van der Waals surface area contributed by atoms with E-state index in [1.807, 2.05) is 31.4 Å². The molecule has 110 valence electrons. The zero-order valence-electron chi connectivity index (χ0n) is 12.6. The molecule has 1 unspecified atom stereocenters. The summed E-state index contributed by atoms with van der Waals surface area (Å²) in [6, 6.07) is 5.96. The number of aryl methyl sites for hydroxylation is 1. The first-order valence-electron chi connectivity index (χ1n) is 7.33. The Balaban J connectivity index is 0.000000151. The first kappa shape index (κ1) is 14.8. The maximum atomic E-state index is 5.38. The summed E-state index contributed by atoms with van der Waals surface area (Å²) in [5, 5.41) is 0. The maximum absolute atomic E-state index is 5.38. The predicted octanol–water partition coefficient (Wildman–Crippen LogP) is 4.10. The van der Waals surface area contributed by atoms with E-state index in [0.717, 1.165) is 11.5 Å². The molecule has 3 rings (SSSR count). The third-order valence-corrected chi connectivity index (χ3v) is 3.41. The highest BCUT2D eigenvalue weighted by atomic mass is 16.6. The molecule has 3 heteroatoms. The number of ether oxygens (including phenoxy) is 3. The SMILES string of the molecule is CC(C)C1CCC=CO1.Cc1ccc2c(c1)OCCO2. The summed E-state index contributed by atoms with van der Waals surface area (Å²) in [5.74, 6) is 2.40. The van der Waals surface area contributed by atoms with Gasteiger partial charge in [-0.3, -0.25) is 0 Å². The summed E-state index contributed by atoms with van der Waals surface area (Å²) in [6.07, 6.45) is 6.75. The van der Waals surface area contributed by atoms with Crippen LogP contribution < -0.4 is 9.47 Å². The van der Waals surface area contributed by atoms with Gasteiger partial charge in [0.2, 0.25) is 0 Å². The van der Waals surface area contributed by atoms with Gasteiger partial charge in [0.25, 0.3) is 0 Å². The average Bonchev–Trinajstić information content (AvgIpc) is 2.48. The molecule has 0 spiro atoms. The van der Waals surface area contributed by atoms with Crippen molar-refractivity contribution in [3.8, 4) is 11.5 Å². The van der Waals surface area contributed by atoms with Crippen LogP contribution in [-0.4, -0.2) is 19.3 Å². The Morgan fingerprint density at radius 3 is 2.45 bits per heavy atom. The molecule has 2 aliphatic rings. The highest BCUT2D eigenvalue weighted by molar-refractivity contribution is 5.43.